The van der Waals surface area contributed by atoms with Gasteiger partial charge in [0.05, 0.1) is 6.61 Å². The summed E-state index contributed by atoms with van der Waals surface area (Å²) in [4.78, 5) is 20.6. The van der Waals surface area contributed by atoms with E-state index in [2.05, 4.69) is 29.7 Å². The summed E-state index contributed by atoms with van der Waals surface area (Å²) in [5, 5.41) is 0. The monoisotopic (exact) mass is 186 g/mol. The Hall–Kier alpha value is -1.50. The van der Waals surface area contributed by atoms with Crippen LogP contribution in [-0.4, -0.2) is 18.5 Å². The van der Waals surface area contributed by atoms with Crippen molar-refractivity contribution in [3.05, 3.63) is 0 Å². The minimum Gasteiger partial charge on any atom is -0.458 e. The molecule has 0 aliphatic rings. The molecule has 0 amide bonds. The van der Waals surface area contributed by atoms with E-state index in [-0.39, 0.29) is 6.61 Å². The van der Waals surface area contributed by atoms with Gasteiger partial charge in [0.2, 0.25) is 0 Å². The summed E-state index contributed by atoms with van der Waals surface area (Å²) in [5.74, 6) is -2.23. The van der Waals surface area contributed by atoms with Crippen molar-refractivity contribution in [1.82, 2.24) is 0 Å². The Labute approximate surface area is 78.2 Å². The largest absolute Gasteiger partial charge is 0.458 e. The second kappa shape index (κ2) is 10.5. The highest BCUT2D eigenvalue weighted by molar-refractivity contribution is 6.29. The molecule has 0 rings (SSSR count). The lowest BCUT2D eigenvalue weighted by Gasteiger charge is -1.95. The topological polar surface area (TPSA) is 52.6 Å². The molecule has 0 unspecified atom stereocenters. The van der Waals surface area contributed by atoms with Crippen LogP contribution in [0, 0.1) is 12.5 Å². The van der Waals surface area contributed by atoms with Gasteiger partial charge in [-0.15, -0.1) is 0 Å². The van der Waals surface area contributed by atoms with Gasteiger partial charge < -0.3 is 9.47 Å². The van der Waals surface area contributed by atoms with Crippen LogP contribution in [0.1, 0.15) is 27.2 Å². The first-order valence-corrected chi connectivity index (χ1v) is 3.97. The molecule has 0 N–H and O–H groups in total. The van der Waals surface area contributed by atoms with E-state index in [1.54, 1.807) is 13.0 Å². The molecule has 74 valence electrons. The van der Waals surface area contributed by atoms with Crippen LogP contribution in [0.4, 0.5) is 0 Å². The van der Waals surface area contributed by atoms with Crippen molar-refractivity contribution >= 4 is 11.9 Å². The van der Waals surface area contributed by atoms with Gasteiger partial charge >= 0.3 is 11.9 Å². The lowest BCUT2D eigenvalue weighted by atomic mass is 10.6. The molecule has 0 fully saturated rings. The molecule has 0 aliphatic heterocycles. The maximum Gasteiger partial charge on any atom is 0.431 e. The van der Waals surface area contributed by atoms with Gasteiger partial charge in [0.15, 0.2) is 0 Å². The minimum absolute atomic E-state index is 0.124. The second-order valence-corrected chi connectivity index (χ2v) is 1.93. The molecule has 0 heterocycles. The molecule has 0 radical (unpaired) electrons. The Morgan fingerprint density at radius 1 is 1.23 bits per heavy atom. The zero-order valence-electron chi connectivity index (χ0n) is 8.12. The van der Waals surface area contributed by atoms with E-state index in [1.165, 1.54) is 6.42 Å². The number of carbonyl (C=O) groups is 2. The Morgan fingerprint density at radius 2 is 1.69 bits per heavy atom. The first-order valence-electron chi connectivity index (χ1n) is 3.97. The number of hydrogen-bond donors (Lipinski definition) is 0. The Bertz CT molecular complexity index is 190. The molecular weight excluding hydrogens is 172 g/mol. The summed E-state index contributed by atoms with van der Waals surface area (Å²) in [6.45, 7) is 5.94. The number of ether oxygens (including phenoxy) is 2. The SMILES string of the molecule is C#COC(=O)C(=O)OCC.CCC. The zero-order chi connectivity index (χ0) is 10.7. The fourth-order valence-electron chi connectivity index (χ4n) is 0.285. The molecule has 0 saturated heterocycles. The van der Waals surface area contributed by atoms with Crippen molar-refractivity contribution in [2.24, 2.45) is 0 Å². The average molecular weight is 186 g/mol. The van der Waals surface area contributed by atoms with Gasteiger partial charge in [0.1, 0.15) is 6.11 Å². The number of hydrogen-bond acceptors (Lipinski definition) is 4. The number of terminal acetylenes is 1. The van der Waals surface area contributed by atoms with Crippen molar-refractivity contribution in [2.75, 3.05) is 6.61 Å². The van der Waals surface area contributed by atoms with Gasteiger partial charge in [-0.05, 0) is 6.92 Å². The van der Waals surface area contributed by atoms with Gasteiger partial charge in [0, 0.05) is 0 Å². The predicted molar refractivity (Wildman–Crippen MR) is 47.5 cm³/mol. The third-order valence-corrected chi connectivity index (χ3v) is 0.594. The first kappa shape index (κ1) is 14.0. The van der Waals surface area contributed by atoms with E-state index in [4.69, 9.17) is 0 Å². The van der Waals surface area contributed by atoms with Crippen LogP contribution in [0.5, 0.6) is 0 Å². The third kappa shape index (κ3) is 10.5. The van der Waals surface area contributed by atoms with E-state index in [0.717, 1.165) is 0 Å². The Morgan fingerprint density at radius 3 is 2.00 bits per heavy atom. The molecule has 4 nitrogen and oxygen atoms in total. The zero-order valence-corrected chi connectivity index (χ0v) is 8.12. The summed E-state index contributed by atoms with van der Waals surface area (Å²) in [6.07, 6.45) is 7.37. The molecule has 13 heavy (non-hydrogen) atoms. The van der Waals surface area contributed by atoms with Crippen LogP contribution in [0.25, 0.3) is 0 Å². The van der Waals surface area contributed by atoms with Crippen LogP contribution in [-0.2, 0) is 19.1 Å². The molecule has 0 atom stereocenters. The van der Waals surface area contributed by atoms with Gasteiger partial charge in [-0.3, -0.25) is 0 Å². The maximum absolute atomic E-state index is 10.3. The molecule has 0 bridgehead atoms. The molecule has 0 aliphatic carbocycles. The summed E-state index contributed by atoms with van der Waals surface area (Å²) in [6, 6.07) is 0. The fraction of sp³-hybridized carbons (Fsp3) is 0.556. The lowest BCUT2D eigenvalue weighted by molar-refractivity contribution is -0.163. The highest BCUT2D eigenvalue weighted by Crippen LogP contribution is 1.81. The maximum atomic E-state index is 10.3. The van der Waals surface area contributed by atoms with Crippen molar-refractivity contribution in [3.8, 4) is 12.5 Å². The van der Waals surface area contributed by atoms with Crippen LogP contribution >= 0.6 is 0 Å². The van der Waals surface area contributed by atoms with Crippen molar-refractivity contribution in [1.29, 1.82) is 0 Å². The summed E-state index contributed by atoms with van der Waals surface area (Å²) < 4.78 is 8.12. The average Bonchev–Trinajstić information content (AvgIpc) is 2.06. The molecule has 0 aromatic carbocycles. The number of rotatable bonds is 1. The molecule has 0 aromatic rings. The first-order chi connectivity index (χ1) is 6.13. The van der Waals surface area contributed by atoms with Gasteiger partial charge in [-0.25, -0.2) is 9.59 Å². The van der Waals surface area contributed by atoms with Gasteiger partial charge in [-0.1, -0.05) is 26.7 Å². The van der Waals surface area contributed by atoms with Crippen LogP contribution in [0.15, 0.2) is 0 Å². The van der Waals surface area contributed by atoms with Gasteiger partial charge in [0.25, 0.3) is 0 Å². The Balaban J connectivity index is 0. The standard InChI is InChI=1S/C6H6O4.C3H8/c1-3-9-5(7)6(8)10-4-2;1-3-2/h1H,4H2,2H3;3H2,1-2H3. The molecule has 4 heteroatoms. The smallest absolute Gasteiger partial charge is 0.431 e. The van der Waals surface area contributed by atoms with Crippen molar-refractivity contribution in [2.45, 2.75) is 27.2 Å². The normalized spacial score (nSPS) is 7.23. The summed E-state index contributed by atoms with van der Waals surface area (Å²) in [7, 11) is 0. The third-order valence-electron chi connectivity index (χ3n) is 0.594. The minimum atomic E-state index is -1.16. The number of esters is 2. The lowest BCUT2D eigenvalue weighted by Crippen LogP contribution is -2.18. The van der Waals surface area contributed by atoms with E-state index < -0.39 is 11.9 Å². The molecule has 0 saturated carbocycles. The molecular formula is C9H14O4. The van der Waals surface area contributed by atoms with Crippen molar-refractivity contribution in [3.63, 3.8) is 0 Å². The quantitative estimate of drug-likeness (QED) is 0.349. The van der Waals surface area contributed by atoms with E-state index in [0.29, 0.717) is 0 Å². The van der Waals surface area contributed by atoms with E-state index in [1.807, 2.05) is 0 Å². The molecule has 0 aromatic heterocycles. The van der Waals surface area contributed by atoms with Crippen LogP contribution < -0.4 is 0 Å². The highest BCUT2D eigenvalue weighted by Gasteiger charge is 2.15. The number of carbonyl (C=O) groups excluding carboxylic acids is 2. The molecule has 0 spiro atoms. The second-order valence-electron chi connectivity index (χ2n) is 1.93. The van der Waals surface area contributed by atoms with E-state index in [9.17, 15) is 9.59 Å². The van der Waals surface area contributed by atoms with Crippen LogP contribution in [0.3, 0.4) is 0 Å². The summed E-state index contributed by atoms with van der Waals surface area (Å²) in [5.41, 5.74) is 0. The highest BCUT2D eigenvalue weighted by atomic mass is 16.6. The van der Waals surface area contributed by atoms with E-state index >= 15 is 0 Å². The van der Waals surface area contributed by atoms with Gasteiger partial charge in [-0.2, -0.15) is 0 Å². The predicted octanol–water partition coefficient (Wildman–Crippen LogP) is 1.10. The summed E-state index contributed by atoms with van der Waals surface area (Å²) >= 11 is 0. The fourth-order valence-corrected chi connectivity index (χ4v) is 0.285. The Kier molecular flexibility index (Phi) is 11.3. The van der Waals surface area contributed by atoms with Crippen molar-refractivity contribution < 1.29 is 19.1 Å². The van der Waals surface area contributed by atoms with Crippen LogP contribution in [0.2, 0.25) is 0 Å².